The molecule has 0 radical (unpaired) electrons. The van der Waals surface area contributed by atoms with Gasteiger partial charge in [-0.3, -0.25) is 9.78 Å². The van der Waals surface area contributed by atoms with Gasteiger partial charge in [-0.05, 0) is 66.4 Å². The van der Waals surface area contributed by atoms with Crippen molar-refractivity contribution in [1.82, 2.24) is 14.8 Å². The first-order valence-electron chi connectivity index (χ1n) is 13.4. The van der Waals surface area contributed by atoms with Crippen molar-refractivity contribution in [3.05, 3.63) is 83.9 Å². The number of halogens is 1. The van der Waals surface area contributed by atoms with Gasteiger partial charge in [-0.2, -0.15) is 5.26 Å². The second-order valence-corrected chi connectivity index (χ2v) is 10.1. The Bertz CT molecular complexity index is 1450. The Hall–Kier alpha value is -4.98. The summed E-state index contributed by atoms with van der Waals surface area (Å²) in [6.07, 6.45) is 5.40. The van der Waals surface area contributed by atoms with Crippen LogP contribution in [0.2, 0.25) is 0 Å². The summed E-state index contributed by atoms with van der Waals surface area (Å²) < 4.78 is 13.6. The number of urea groups is 1. The van der Waals surface area contributed by atoms with Gasteiger partial charge in [0.25, 0.3) is 0 Å². The monoisotopic (exact) mass is 556 g/mol. The average molecular weight is 557 g/mol. The molecule has 4 rings (SSSR count). The number of anilines is 3. The normalized spacial score (nSPS) is 15.3. The number of benzene rings is 2. The standard InChI is InChI=1S/C30H33FN8O2/c1-20(2)27-18-38(30(41)35-24-7-4-6-23(31)17-24)14-15-39(27)29(34-19-32)37-26-9-5-8-25(21(26)3)36-28(40)16-22-10-12-33-13-11-22/h4-13,17,20,27H,14-16,18H2,1-3H3,(H,34,37)(H,35,41)(H,36,40). The molecule has 212 valence electrons. The molecule has 1 aliphatic heterocycles. The minimum atomic E-state index is -0.427. The first-order valence-corrected chi connectivity index (χ1v) is 13.4. The number of amides is 3. The van der Waals surface area contributed by atoms with Gasteiger partial charge in [0.2, 0.25) is 18.1 Å². The molecule has 3 amide bonds. The van der Waals surface area contributed by atoms with Crippen molar-refractivity contribution in [2.24, 2.45) is 10.9 Å². The maximum atomic E-state index is 13.6. The molecule has 1 aromatic heterocycles. The highest BCUT2D eigenvalue weighted by atomic mass is 19.1. The van der Waals surface area contributed by atoms with Gasteiger partial charge in [0, 0.05) is 49.1 Å². The van der Waals surface area contributed by atoms with Crippen molar-refractivity contribution >= 4 is 35.0 Å². The van der Waals surface area contributed by atoms with Crippen LogP contribution in [0, 0.1) is 30.1 Å². The zero-order chi connectivity index (χ0) is 29.4. The summed E-state index contributed by atoms with van der Waals surface area (Å²) in [7, 11) is 0. The van der Waals surface area contributed by atoms with E-state index in [0.29, 0.717) is 42.7 Å². The van der Waals surface area contributed by atoms with Crippen LogP contribution in [0.15, 0.2) is 72.0 Å². The molecule has 10 nitrogen and oxygen atoms in total. The number of guanidine groups is 1. The van der Waals surface area contributed by atoms with Gasteiger partial charge in [-0.25, -0.2) is 9.18 Å². The predicted molar refractivity (Wildman–Crippen MR) is 157 cm³/mol. The Morgan fingerprint density at radius 3 is 2.46 bits per heavy atom. The second kappa shape index (κ2) is 13.4. The van der Waals surface area contributed by atoms with E-state index in [9.17, 15) is 19.2 Å². The summed E-state index contributed by atoms with van der Waals surface area (Å²) in [5, 5.41) is 18.5. The summed E-state index contributed by atoms with van der Waals surface area (Å²) >= 11 is 0. The fourth-order valence-electron chi connectivity index (χ4n) is 4.72. The summed E-state index contributed by atoms with van der Waals surface area (Å²) in [4.78, 5) is 37.4. The van der Waals surface area contributed by atoms with E-state index in [-0.39, 0.29) is 30.3 Å². The van der Waals surface area contributed by atoms with E-state index in [0.717, 1.165) is 11.1 Å². The van der Waals surface area contributed by atoms with Crippen LogP contribution >= 0.6 is 0 Å². The Morgan fingerprint density at radius 2 is 1.78 bits per heavy atom. The van der Waals surface area contributed by atoms with E-state index < -0.39 is 5.82 Å². The fourth-order valence-corrected chi connectivity index (χ4v) is 4.72. The van der Waals surface area contributed by atoms with Crippen molar-refractivity contribution in [3.8, 4) is 6.19 Å². The number of rotatable bonds is 6. The third kappa shape index (κ3) is 7.57. The van der Waals surface area contributed by atoms with Crippen LogP contribution < -0.4 is 16.0 Å². The van der Waals surface area contributed by atoms with Crippen LogP contribution in [0.4, 0.5) is 26.2 Å². The highest BCUT2D eigenvalue weighted by Gasteiger charge is 2.34. The number of nitrogens with zero attached hydrogens (tertiary/aromatic N) is 5. The Kier molecular flexibility index (Phi) is 9.47. The predicted octanol–water partition coefficient (Wildman–Crippen LogP) is 4.83. The summed E-state index contributed by atoms with van der Waals surface area (Å²) in [6.45, 7) is 7.15. The maximum absolute atomic E-state index is 13.6. The number of nitriles is 1. The van der Waals surface area contributed by atoms with Crippen LogP contribution in [0.25, 0.3) is 0 Å². The highest BCUT2D eigenvalue weighted by molar-refractivity contribution is 5.98. The van der Waals surface area contributed by atoms with Crippen LogP contribution in [-0.4, -0.2) is 58.4 Å². The van der Waals surface area contributed by atoms with E-state index in [1.165, 1.54) is 12.1 Å². The lowest BCUT2D eigenvalue weighted by molar-refractivity contribution is -0.115. The third-order valence-electron chi connectivity index (χ3n) is 6.95. The molecule has 3 N–H and O–H groups in total. The lowest BCUT2D eigenvalue weighted by Crippen LogP contribution is -2.60. The van der Waals surface area contributed by atoms with Crippen molar-refractivity contribution in [2.45, 2.75) is 33.2 Å². The summed E-state index contributed by atoms with van der Waals surface area (Å²) in [5.74, 6) is -0.108. The number of hydrogen-bond acceptors (Lipinski definition) is 5. The number of carbonyl (C=O) groups excluding carboxylic acids is 2. The van der Waals surface area contributed by atoms with Crippen LogP contribution in [0.3, 0.4) is 0 Å². The summed E-state index contributed by atoms with van der Waals surface area (Å²) in [5.41, 5.74) is 3.36. The molecule has 11 heteroatoms. The van der Waals surface area contributed by atoms with E-state index in [1.54, 1.807) is 41.6 Å². The smallest absolute Gasteiger partial charge is 0.321 e. The lowest BCUT2D eigenvalue weighted by Gasteiger charge is -2.44. The number of piperazine rings is 1. The molecule has 0 aliphatic carbocycles. The topological polar surface area (TPSA) is 126 Å². The van der Waals surface area contributed by atoms with E-state index in [4.69, 9.17) is 0 Å². The number of nitrogens with one attached hydrogen (secondary N) is 3. The largest absolute Gasteiger partial charge is 0.335 e. The first-order chi connectivity index (χ1) is 19.7. The minimum absolute atomic E-state index is 0.116. The molecular formula is C30H33FN8O2. The van der Waals surface area contributed by atoms with Gasteiger partial charge in [0.15, 0.2) is 0 Å². The number of carbonyl (C=O) groups is 2. The van der Waals surface area contributed by atoms with Crippen molar-refractivity contribution in [2.75, 3.05) is 35.6 Å². The van der Waals surface area contributed by atoms with Crippen LogP contribution in [0.1, 0.15) is 25.0 Å². The maximum Gasteiger partial charge on any atom is 0.321 e. The molecule has 0 saturated carbocycles. The quantitative estimate of drug-likeness (QED) is 0.227. The molecule has 1 unspecified atom stereocenters. The first kappa shape index (κ1) is 29.0. The van der Waals surface area contributed by atoms with Crippen LogP contribution in [-0.2, 0) is 11.2 Å². The highest BCUT2D eigenvalue weighted by Crippen LogP contribution is 2.26. The molecule has 1 fully saturated rings. The van der Waals surface area contributed by atoms with E-state index in [2.05, 4.69) is 25.9 Å². The average Bonchev–Trinajstić information content (AvgIpc) is 2.95. The Morgan fingerprint density at radius 1 is 1.07 bits per heavy atom. The molecule has 41 heavy (non-hydrogen) atoms. The van der Waals surface area contributed by atoms with E-state index >= 15 is 0 Å². The van der Waals surface area contributed by atoms with E-state index in [1.807, 2.05) is 50.1 Å². The van der Waals surface area contributed by atoms with Gasteiger partial charge in [0.1, 0.15) is 5.82 Å². The van der Waals surface area contributed by atoms with Gasteiger partial charge >= 0.3 is 6.03 Å². The van der Waals surface area contributed by atoms with Crippen molar-refractivity contribution < 1.29 is 14.0 Å². The van der Waals surface area contributed by atoms with Crippen LogP contribution in [0.5, 0.6) is 0 Å². The minimum Gasteiger partial charge on any atom is -0.335 e. The molecule has 1 aliphatic rings. The molecule has 0 bridgehead atoms. The molecule has 2 heterocycles. The summed E-state index contributed by atoms with van der Waals surface area (Å²) in [6, 6.07) is 14.4. The second-order valence-electron chi connectivity index (χ2n) is 10.1. The zero-order valence-electron chi connectivity index (χ0n) is 23.3. The number of hydrogen-bond donors (Lipinski definition) is 3. The Labute approximate surface area is 238 Å². The SMILES string of the molecule is Cc1c(NC(=O)Cc2ccncc2)cccc1N/C(=N/C#N)N1CCN(C(=O)Nc2cccc(F)c2)CC1C(C)C. The molecule has 2 aromatic carbocycles. The van der Waals surface area contributed by atoms with Gasteiger partial charge in [-0.15, -0.1) is 4.99 Å². The molecule has 0 spiro atoms. The molecular weight excluding hydrogens is 523 g/mol. The molecule has 1 atom stereocenters. The zero-order valence-corrected chi connectivity index (χ0v) is 23.3. The van der Waals surface area contributed by atoms with Crippen molar-refractivity contribution in [1.29, 1.82) is 5.26 Å². The van der Waals surface area contributed by atoms with Crippen molar-refractivity contribution in [3.63, 3.8) is 0 Å². The molecule has 3 aromatic rings. The number of aliphatic imine (C=N–C) groups is 1. The van der Waals surface area contributed by atoms with Gasteiger partial charge < -0.3 is 25.8 Å². The Balaban J connectivity index is 1.47. The lowest BCUT2D eigenvalue weighted by atomic mass is 10.00. The fraction of sp³-hybridized carbons (Fsp3) is 0.300. The molecule has 1 saturated heterocycles. The van der Waals surface area contributed by atoms with Gasteiger partial charge in [0.05, 0.1) is 12.5 Å². The third-order valence-corrected chi connectivity index (χ3v) is 6.95. The van der Waals surface area contributed by atoms with Gasteiger partial charge in [-0.1, -0.05) is 26.0 Å². The number of aromatic nitrogens is 1. The number of pyridine rings is 1.